The van der Waals surface area contributed by atoms with Crippen molar-refractivity contribution >= 4 is 45.8 Å². The molecule has 2 fully saturated rings. The van der Waals surface area contributed by atoms with Gasteiger partial charge in [0.05, 0.1) is 63.3 Å². The predicted octanol–water partition coefficient (Wildman–Crippen LogP) is 9.96. The molecule has 8 heterocycles. The van der Waals surface area contributed by atoms with E-state index in [2.05, 4.69) is 30.0 Å². The number of aliphatic hydroxyl groups excluding tert-OH is 2. The van der Waals surface area contributed by atoms with Crippen LogP contribution in [0.2, 0.25) is 0 Å². The number of aliphatic hydroxyl groups is 2. The summed E-state index contributed by atoms with van der Waals surface area (Å²) in [5.74, 6) is 0.258. The van der Waals surface area contributed by atoms with Gasteiger partial charge in [0.1, 0.15) is 22.6 Å². The molecular weight excluding hydrogens is 1090 g/mol. The van der Waals surface area contributed by atoms with Crippen molar-refractivity contribution in [3.63, 3.8) is 0 Å². The Labute approximate surface area is 465 Å². The lowest BCUT2D eigenvalue weighted by Crippen LogP contribution is -2.55. The quantitative estimate of drug-likeness (QED) is 0.111. The lowest BCUT2D eigenvalue weighted by molar-refractivity contribution is -0.144. The molecule has 2 N–H and O–H groups in total. The molecule has 424 valence electrons. The van der Waals surface area contributed by atoms with E-state index in [-0.39, 0.29) is 82.3 Å². The highest BCUT2D eigenvalue weighted by Crippen LogP contribution is 2.40. The fourth-order valence-electron chi connectivity index (χ4n) is 10.7. The predicted molar refractivity (Wildman–Crippen MR) is 291 cm³/mol. The van der Waals surface area contributed by atoms with E-state index in [1.165, 1.54) is 40.5 Å². The lowest BCUT2D eigenvalue weighted by Gasteiger charge is -2.42. The number of aromatic nitrogens is 6. The van der Waals surface area contributed by atoms with Crippen LogP contribution >= 0.6 is 22.7 Å². The van der Waals surface area contributed by atoms with Crippen LogP contribution in [0.3, 0.4) is 0 Å². The Morgan fingerprint density at radius 1 is 0.588 bits per heavy atom. The summed E-state index contributed by atoms with van der Waals surface area (Å²) in [6.45, 7) is 13.1. The first-order valence-corrected chi connectivity index (χ1v) is 27.3. The van der Waals surface area contributed by atoms with Crippen LogP contribution in [-0.2, 0) is 12.4 Å². The van der Waals surface area contributed by atoms with Crippen LogP contribution in [0.4, 0.5) is 26.3 Å². The molecule has 2 aliphatic heterocycles. The zero-order chi connectivity index (χ0) is 57.5. The Hall–Kier alpha value is -6.96. The maximum Gasteiger partial charge on any atom is 0.433 e. The fourth-order valence-corrected chi connectivity index (χ4v) is 12.7. The lowest BCUT2D eigenvalue weighted by atomic mass is 10.0. The smallest absolute Gasteiger partial charge is 0.433 e. The molecule has 2 aromatic carbocycles. The summed E-state index contributed by atoms with van der Waals surface area (Å²) >= 11 is 3.25. The minimum absolute atomic E-state index is 0.00755. The summed E-state index contributed by atoms with van der Waals surface area (Å²) in [5, 5.41) is 28.1. The number of benzene rings is 2. The summed E-state index contributed by atoms with van der Waals surface area (Å²) in [5.41, 5.74) is -1.24. The van der Waals surface area contributed by atoms with E-state index in [1.807, 2.05) is 52.0 Å². The standard InChI is InChI=1S/2C28H30F3N5O3S/c2*1-16-14-34(22(15-37)23-10-5-17(2)40-23)11-12-35(16)27(38)21-13-32-36-25(28(29,30)31)18(3)24(33-26(21)36)19-6-8-20(39-4)9-7-19/h2*5-10,13,16,22,37H,11-12,14-15H2,1-4H3/t16-,22+;16-,22-/m11/s1. The molecule has 6 aromatic heterocycles. The van der Waals surface area contributed by atoms with Gasteiger partial charge in [-0.05, 0) is 114 Å². The number of nitrogens with zero attached hydrogens (tertiary/aromatic N) is 10. The van der Waals surface area contributed by atoms with Crippen LogP contribution < -0.4 is 9.47 Å². The number of hydrogen-bond acceptors (Lipinski definition) is 14. The molecule has 80 heavy (non-hydrogen) atoms. The molecule has 0 saturated carbocycles. The molecule has 4 atom stereocenters. The third-order valence-electron chi connectivity index (χ3n) is 14.7. The Bertz CT molecular complexity index is 3300. The van der Waals surface area contributed by atoms with Gasteiger partial charge in [-0.25, -0.2) is 19.0 Å². The summed E-state index contributed by atoms with van der Waals surface area (Å²) in [4.78, 5) is 48.6. The first kappa shape index (κ1) is 57.7. The number of carbonyl (C=O) groups is 2. The van der Waals surface area contributed by atoms with E-state index in [4.69, 9.17) is 9.47 Å². The van der Waals surface area contributed by atoms with Crippen LogP contribution in [-0.4, -0.2) is 150 Å². The first-order valence-electron chi connectivity index (χ1n) is 25.7. The summed E-state index contributed by atoms with van der Waals surface area (Å²) in [6.07, 6.45) is -7.11. The molecule has 24 heteroatoms. The fraction of sp³-hybridized carbons (Fsp3) is 0.393. The number of halogens is 6. The molecule has 8 aromatic rings. The van der Waals surface area contributed by atoms with Gasteiger partial charge in [0.15, 0.2) is 22.7 Å². The molecule has 0 unspecified atom stereocenters. The summed E-state index contributed by atoms with van der Waals surface area (Å²) < 4.78 is 97.5. The molecule has 2 aliphatic rings. The molecule has 2 saturated heterocycles. The molecule has 0 bridgehead atoms. The zero-order valence-corrected chi connectivity index (χ0v) is 46.8. The van der Waals surface area contributed by atoms with E-state index in [9.17, 15) is 46.1 Å². The van der Waals surface area contributed by atoms with Crippen molar-refractivity contribution in [1.82, 2.24) is 48.8 Å². The number of carbonyl (C=O) groups excluding carboxylic acids is 2. The zero-order valence-electron chi connectivity index (χ0n) is 45.1. The van der Waals surface area contributed by atoms with Gasteiger partial charge in [-0.3, -0.25) is 19.4 Å². The number of ether oxygens (including phenoxy) is 2. The second-order valence-corrected chi connectivity index (χ2v) is 22.5. The Morgan fingerprint density at radius 3 is 1.24 bits per heavy atom. The summed E-state index contributed by atoms with van der Waals surface area (Å²) in [7, 11) is 3.01. The molecule has 10 rings (SSSR count). The Kier molecular flexibility index (Phi) is 16.8. The van der Waals surface area contributed by atoms with Gasteiger partial charge in [-0.1, -0.05) is 0 Å². The number of piperazine rings is 2. The van der Waals surface area contributed by atoms with Crippen molar-refractivity contribution in [3.8, 4) is 34.0 Å². The monoisotopic (exact) mass is 1150 g/mol. The topological polar surface area (TPSA) is 166 Å². The van der Waals surface area contributed by atoms with Gasteiger partial charge in [-0.2, -0.15) is 36.5 Å². The van der Waals surface area contributed by atoms with Crippen molar-refractivity contribution in [2.75, 3.05) is 66.7 Å². The first-order chi connectivity index (χ1) is 38.1. The van der Waals surface area contributed by atoms with Gasteiger partial charge >= 0.3 is 12.4 Å². The van der Waals surface area contributed by atoms with Crippen molar-refractivity contribution < 1.29 is 55.6 Å². The highest BCUT2D eigenvalue weighted by atomic mass is 32.1. The maximum absolute atomic E-state index is 14.3. The van der Waals surface area contributed by atoms with Crippen LogP contribution in [0.1, 0.15) is 88.7 Å². The van der Waals surface area contributed by atoms with Crippen molar-refractivity contribution in [2.24, 2.45) is 0 Å². The average molecular weight is 1150 g/mol. The maximum atomic E-state index is 14.3. The highest BCUT2D eigenvalue weighted by molar-refractivity contribution is 7.12. The molecular formula is C56H60F6N10O6S2. The third kappa shape index (κ3) is 11.4. The normalized spacial score (nSPS) is 17.4. The number of aryl methyl sites for hydroxylation is 2. The van der Waals surface area contributed by atoms with Gasteiger partial charge in [0.2, 0.25) is 0 Å². The number of rotatable bonds is 12. The van der Waals surface area contributed by atoms with E-state index in [0.29, 0.717) is 61.9 Å². The third-order valence-corrected chi connectivity index (χ3v) is 16.9. The summed E-state index contributed by atoms with van der Waals surface area (Å²) in [6, 6.07) is 20.3. The molecule has 0 aliphatic carbocycles. The van der Waals surface area contributed by atoms with Crippen LogP contribution in [0.25, 0.3) is 33.8 Å². The number of methoxy groups -OCH3 is 2. The number of hydrogen-bond donors (Lipinski definition) is 2. The van der Waals surface area contributed by atoms with Gasteiger partial charge in [0.25, 0.3) is 11.8 Å². The second kappa shape index (κ2) is 23.3. The number of amides is 2. The van der Waals surface area contributed by atoms with Gasteiger partial charge in [-0.15, -0.1) is 22.7 Å². The Morgan fingerprint density at radius 2 is 0.950 bits per heavy atom. The number of thiophene rings is 2. The van der Waals surface area contributed by atoms with Gasteiger partial charge in [0, 0.05) is 93.1 Å². The highest BCUT2D eigenvalue weighted by Gasteiger charge is 2.42. The minimum atomic E-state index is -4.72. The van der Waals surface area contributed by atoms with E-state index in [1.54, 1.807) is 81.0 Å². The van der Waals surface area contributed by atoms with Crippen LogP contribution in [0, 0.1) is 27.7 Å². The Balaban J connectivity index is 0.000000194. The van der Waals surface area contributed by atoms with Crippen LogP contribution in [0.15, 0.2) is 85.2 Å². The van der Waals surface area contributed by atoms with E-state index in [0.717, 1.165) is 28.5 Å². The molecule has 16 nitrogen and oxygen atoms in total. The molecule has 0 radical (unpaired) electrons. The van der Waals surface area contributed by atoms with Crippen molar-refractivity contribution in [1.29, 1.82) is 0 Å². The minimum Gasteiger partial charge on any atom is -0.497 e. The number of alkyl halides is 6. The van der Waals surface area contributed by atoms with Crippen molar-refractivity contribution in [2.45, 2.75) is 78.1 Å². The number of fused-ring (bicyclic) bond motifs is 2. The SMILES string of the molecule is COc1ccc(-c2nc3c(C(=O)N4CCN([C@@H](CO)c5ccc(C)s5)C[C@H]4C)cnn3c(C(F)(F)F)c2C)cc1.COc1ccc(-c2nc3c(C(=O)N4CCN([C@H](CO)c5ccc(C)s5)C[C@H]4C)cnn3c(C(F)(F)F)c2C)cc1. The van der Waals surface area contributed by atoms with E-state index >= 15 is 0 Å². The van der Waals surface area contributed by atoms with E-state index < -0.39 is 35.6 Å². The van der Waals surface area contributed by atoms with Crippen molar-refractivity contribution in [3.05, 3.63) is 138 Å². The van der Waals surface area contributed by atoms with Gasteiger partial charge < -0.3 is 29.5 Å². The molecule has 0 spiro atoms. The molecule has 2 amide bonds. The van der Waals surface area contributed by atoms with Crippen LogP contribution in [0.5, 0.6) is 11.5 Å². The average Bonchev–Trinajstić information content (AvgIpc) is 4.34. The second-order valence-electron chi connectivity index (χ2n) is 19.9. The largest absolute Gasteiger partial charge is 0.497 e.